The first-order valence-corrected chi connectivity index (χ1v) is 7.54. The summed E-state index contributed by atoms with van der Waals surface area (Å²) in [6, 6.07) is 8.23. The molecule has 2 aromatic rings. The van der Waals surface area contributed by atoms with Crippen LogP contribution in [0.5, 0.6) is 5.75 Å². The molecule has 2 rings (SSSR count). The van der Waals surface area contributed by atoms with Crippen molar-refractivity contribution in [3.05, 3.63) is 46.2 Å². The van der Waals surface area contributed by atoms with Crippen LogP contribution >= 0.6 is 11.6 Å². The normalized spacial score (nSPS) is 12.4. The standard InChI is InChI=1S/C16H22ClN3O/c1-4-13(18)8-12-6-5-7-14(9-12)21-10-15-16(17)11(2)19-20(15)3/h5-7,9,13H,4,8,10,18H2,1-3H3. The van der Waals surface area contributed by atoms with E-state index in [0.717, 1.165) is 30.0 Å². The molecule has 1 aromatic carbocycles. The molecule has 0 aliphatic heterocycles. The van der Waals surface area contributed by atoms with E-state index in [-0.39, 0.29) is 6.04 Å². The zero-order valence-electron chi connectivity index (χ0n) is 12.8. The van der Waals surface area contributed by atoms with Gasteiger partial charge in [0.1, 0.15) is 12.4 Å². The van der Waals surface area contributed by atoms with Crippen LogP contribution in [-0.2, 0) is 20.1 Å². The summed E-state index contributed by atoms with van der Waals surface area (Å²) in [6.07, 6.45) is 1.83. The maximum Gasteiger partial charge on any atom is 0.131 e. The molecular weight excluding hydrogens is 286 g/mol. The number of nitrogens with two attached hydrogens (primary N) is 1. The van der Waals surface area contributed by atoms with E-state index in [1.54, 1.807) is 4.68 Å². The Morgan fingerprint density at radius 2 is 2.19 bits per heavy atom. The molecule has 0 bridgehead atoms. The minimum absolute atomic E-state index is 0.189. The van der Waals surface area contributed by atoms with Crippen LogP contribution in [0.1, 0.15) is 30.3 Å². The molecule has 0 aliphatic rings. The Morgan fingerprint density at radius 1 is 1.43 bits per heavy atom. The zero-order valence-corrected chi connectivity index (χ0v) is 13.5. The Morgan fingerprint density at radius 3 is 2.81 bits per heavy atom. The first kappa shape index (κ1) is 15.9. The van der Waals surface area contributed by atoms with Gasteiger partial charge >= 0.3 is 0 Å². The van der Waals surface area contributed by atoms with Crippen molar-refractivity contribution < 1.29 is 4.74 Å². The number of hydrogen-bond donors (Lipinski definition) is 1. The number of halogens is 1. The van der Waals surface area contributed by atoms with Gasteiger partial charge in [0.2, 0.25) is 0 Å². The molecule has 4 nitrogen and oxygen atoms in total. The van der Waals surface area contributed by atoms with Crippen LogP contribution in [0, 0.1) is 6.92 Å². The number of nitrogens with zero attached hydrogens (tertiary/aromatic N) is 2. The number of rotatable bonds is 6. The quantitative estimate of drug-likeness (QED) is 0.891. The lowest BCUT2D eigenvalue weighted by molar-refractivity contribution is 0.294. The fraction of sp³-hybridized carbons (Fsp3) is 0.438. The molecule has 0 saturated heterocycles. The van der Waals surface area contributed by atoms with Crippen molar-refractivity contribution in [2.75, 3.05) is 0 Å². The predicted octanol–water partition coefficient (Wildman–Crippen LogP) is 3.24. The van der Waals surface area contributed by atoms with Gasteiger partial charge < -0.3 is 10.5 Å². The van der Waals surface area contributed by atoms with E-state index in [1.165, 1.54) is 5.56 Å². The van der Waals surface area contributed by atoms with Gasteiger partial charge in [-0.15, -0.1) is 0 Å². The van der Waals surface area contributed by atoms with E-state index >= 15 is 0 Å². The van der Waals surface area contributed by atoms with Crippen LogP contribution in [0.3, 0.4) is 0 Å². The van der Waals surface area contributed by atoms with Crippen LogP contribution in [0.4, 0.5) is 0 Å². The van der Waals surface area contributed by atoms with Gasteiger partial charge in [-0.1, -0.05) is 30.7 Å². The molecule has 114 valence electrons. The van der Waals surface area contributed by atoms with Crippen LogP contribution in [0.25, 0.3) is 0 Å². The largest absolute Gasteiger partial charge is 0.487 e. The number of ether oxygens (including phenoxy) is 1. The molecule has 1 atom stereocenters. The molecule has 21 heavy (non-hydrogen) atoms. The van der Waals surface area contributed by atoms with Crippen LogP contribution in [0.15, 0.2) is 24.3 Å². The summed E-state index contributed by atoms with van der Waals surface area (Å²) in [5, 5.41) is 4.95. The summed E-state index contributed by atoms with van der Waals surface area (Å²) >= 11 is 6.22. The van der Waals surface area contributed by atoms with Crippen molar-refractivity contribution >= 4 is 11.6 Å². The third kappa shape index (κ3) is 3.99. The first-order valence-electron chi connectivity index (χ1n) is 7.16. The average Bonchev–Trinajstić information content (AvgIpc) is 2.70. The van der Waals surface area contributed by atoms with E-state index in [0.29, 0.717) is 11.6 Å². The average molecular weight is 308 g/mol. The Labute approximate surface area is 130 Å². The first-order chi connectivity index (χ1) is 10.0. The van der Waals surface area contributed by atoms with Crippen LogP contribution < -0.4 is 10.5 Å². The topological polar surface area (TPSA) is 53.1 Å². The molecule has 0 saturated carbocycles. The van der Waals surface area contributed by atoms with Gasteiger partial charge in [0.25, 0.3) is 0 Å². The molecule has 0 amide bonds. The lowest BCUT2D eigenvalue weighted by Crippen LogP contribution is -2.21. The van der Waals surface area contributed by atoms with Crippen LogP contribution in [-0.4, -0.2) is 15.8 Å². The summed E-state index contributed by atoms with van der Waals surface area (Å²) in [4.78, 5) is 0. The van der Waals surface area contributed by atoms with Crippen molar-refractivity contribution in [3.63, 3.8) is 0 Å². The van der Waals surface area contributed by atoms with Crippen molar-refractivity contribution in [1.82, 2.24) is 9.78 Å². The number of hydrogen-bond acceptors (Lipinski definition) is 3. The summed E-state index contributed by atoms with van der Waals surface area (Å²) < 4.78 is 7.60. The Hall–Kier alpha value is -1.52. The molecule has 5 heteroatoms. The van der Waals surface area contributed by atoms with Gasteiger partial charge in [-0.25, -0.2) is 0 Å². The second kappa shape index (κ2) is 6.96. The maximum atomic E-state index is 6.22. The van der Waals surface area contributed by atoms with Gasteiger partial charge in [-0.05, 0) is 37.5 Å². The molecule has 1 heterocycles. The zero-order chi connectivity index (χ0) is 15.4. The summed E-state index contributed by atoms with van der Waals surface area (Å²) in [7, 11) is 1.87. The third-order valence-corrected chi connectivity index (χ3v) is 4.05. The monoisotopic (exact) mass is 307 g/mol. The highest BCUT2D eigenvalue weighted by Gasteiger charge is 2.11. The smallest absolute Gasteiger partial charge is 0.131 e. The molecule has 0 fully saturated rings. The highest BCUT2D eigenvalue weighted by atomic mass is 35.5. The second-order valence-electron chi connectivity index (χ2n) is 5.28. The van der Waals surface area contributed by atoms with Crippen molar-refractivity contribution in [3.8, 4) is 5.75 Å². The molecular formula is C16H22ClN3O. The maximum absolute atomic E-state index is 6.22. The van der Waals surface area contributed by atoms with Gasteiger partial charge in [-0.2, -0.15) is 5.10 Å². The Kier molecular flexibility index (Phi) is 5.26. The molecule has 0 spiro atoms. The Balaban J connectivity index is 2.05. The van der Waals surface area contributed by atoms with Crippen molar-refractivity contribution in [2.45, 2.75) is 39.3 Å². The third-order valence-electron chi connectivity index (χ3n) is 3.56. The minimum Gasteiger partial charge on any atom is -0.487 e. The van der Waals surface area contributed by atoms with Gasteiger partial charge in [0.15, 0.2) is 0 Å². The SMILES string of the molecule is CCC(N)Cc1cccc(OCc2c(Cl)c(C)nn2C)c1. The Bertz CT molecular complexity index is 610. The molecule has 1 aromatic heterocycles. The highest BCUT2D eigenvalue weighted by molar-refractivity contribution is 6.31. The van der Waals surface area contributed by atoms with E-state index in [1.807, 2.05) is 32.2 Å². The fourth-order valence-electron chi connectivity index (χ4n) is 2.20. The second-order valence-corrected chi connectivity index (χ2v) is 5.66. The highest BCUT2D eigenvalue weighted by Crippen LogP contribution is 2.22. The lowest BCUT2D eigenvalue weighted by Gasteiger charge is -2.11. The number of aryl methyl sites for hydroxylation is 2. The number of benzene rings is 1. The van der Waals surface area contributed by atoms with Crippen LogP contribution in [0.2, 0.25) is 5.02 Å². The molecule has 0 aliphatic carbocycles. The minimum atomic E-state index is 0.189. The summed E-state index contributed by atoms with van der Waals surface area (Å²) in [6.45, 7) is 4.38. The van der Waals surface area contributed by atoms with E-state index in [4.69, 9.17) is 22.1 Å². The van der Waals surface area contributed by atoms with E-state index < -0.39 is 0 Å². The number of aromatic nitrogens is 2. The predicted molar refractivity (Wildman–Crippen MR) is 85.7 cm³/mol. The van der Waals surface area contributed by atoms with E-state index in [9.17, 15) is 0 Å². The molecule has 2 N–H and O–H groups in total. The summed E-state index contributed by atoms with van der Waals surface area (Å²) in [5.74, 6) is 0.825. The molecule has 1 unspecified atom stereocenters. The van der Waals surface area contributed by atoms with Crippen molar-refractivity contribution in [1.29, 1.82) is 0 Å². The van der Waals surface area contributed by atoms with Gasteiger partial charge in [-0.3, -0.25) is 4.68 Å². The van der Waals surface area contributed by atoms with Crippen molar-refractivity contribution in [2.24, 2.45) is 12.8 Å². The van der Waals surface area contributed by atoms with Gasteiger partial charge in [0, 0.05) is 13.1 Å². The summed E-state index contributed by atoms with van der Waals surface area (Å²) in [5.41, 5.74) is 8.88. The van der Waals surface area contributed by atoms with Gasteiger partial charge in [0.05, 0.1) is 16.4 Å². The lowest BCUT2D eigenvalue weighted by atomic mass is 10.0. The van der Waals surface area contributed by atoms with E-state index in [2.05, 4.69) is 18.1 Å². The molecule has 0 radical (unpaired) electrons. The fourth-order valence-corrected chi connectivity index (χ4v) is 2.41.